The van der Waals surface area contributed by atoms with E-state index in [4.69, 9.17) is 17.3 Å². The van der Waals surface area contributed by atoms with E-state index in [0.717, 1.165) is 43.6 Å². The summed E-state index contributed by atoms with van der Waals surface area (Å²) < 4.78 is 0. The van der Waals surface area contributed by atoms with Gasteiger partial charge in [0.2, 0.25) is 5.91 Å². The smallest absolute Gasteiger partial charge is 0.227 e. The predicted molar refractivity (Wildman–Crippen MR) is 88.9 cm³/mol. The van der Waals surface area contributed by atoms with Gasteiger partial charge in [0, 0.05) is 25.7 Å². The van der Waals surface area contributed by atoms with Crippen molar-refractivity contribution in [1.29, 1.82) is 0 Å². The number of nitrogens with one attached hydrogen (secondary N) is 1. The second-order valence-corrected chi connectivity index (χ2v) is 6.41. The third-order valence-electron chi connectivity index (χ3n) is 4.25. The molecule has 0 spiro atoms. The number of benzene rings is 1. The summed E-state index contributed by atoms with van der Waals surface area (Å²) in [5.74, 6) is 0.780. The summed E-state index contributed by atoms with van der Waals surface area (Å²) in [5.41, 5.74) is 7.39. The van der Waals surface area contributed by atoms with Gasteiger partial charge in [-0.25, -0.2) is 0 Å². The maximum absolute atomic E-state index is 12.3. The lowest BCUT2D eigenvalue weighted by molar-refractivity contribution is -0.121. The summed E-state index contributed by atoms with van der Waals surface area (Å²) in [6.07, 6.45) is 3.96. The normalized spacial score (nSPS) is 21.9. The molecule has 0 aromatic heterocycles. The van der Waals surface area contributed by atoms with Gasteiger partial charge >= 0.3 is 0 Å². The summed E-state index contributed by atoms with van der Waals surface area (Å²) in [4.78, 5) is 14.2. The van der Waals surface area contributed by atoms with Crippen LogP contribution in [0.4, 0.5) is 11.4 Å². The number of halogens is 1. The van der Waals surface area contributed by atoms with E-state index in [1.54, 1.807) is 6.07 Å². The molecule has 0 unspecified atom stereocenters. The lowest BCUT2D eigenvalue weighted by Crippen LogP contribution is -2.29. The Bertz CT molecular complexity index is 496. The van der Waals surface area contributed by atoms with Crippen molar-refractivity contribution in [2.75, 3.05) is 30.9 Å². The molecular weight excluding hydrogens is 286 g/mol. The molecule has 5 heteroatoms. The van der Waals surface area contributed by atoms with Crippen LogP contribution in [0.25, 0.3) is 0 Å². The fourth-order valence-electron chi connectivity index (χ4n) is 2.85. The SMILES string of the molecule is CN(C)c1ccc(NC(=O)C2CCC(CN)CC2)cc1Cl. The van der Waals surface area contributed by atoms with Crippen LogP contribution in [0, 0.1) is 11.8 Å². The van der Waals surface area contributed by atoms with Crippen molar-refractivity contribution in [2.24, 2.45) is 17.6 Å². The Kier molecular flexibility index (Phi) is 5.48. The molecule has 2 rings (SSSR count). The molecule has 1 aliphatic rings. The molecular formula is C16H24ClN3O. The van der Waals surface area contributed by atoms with E-state index >= 15 is 0 Å². The van der Waals surface area contributed by atoms with Gasteiger partial charge in [-0.05, 0) is 56.3 Å². The van der Waals surface area contributed by atoms with E-state index in [9.17, 15) is 4.79 Å². The molecule has 0 atom stereocenters. The minimum absolute atomic E-state index is 0.0964. The van der Waals surface area contributed by atoms with E-state index in [1.165, 1.54) is 0 Å². The van der Waals surface area contributed by atoms with Crippen molar-refractivity contribution in [3.8, 4) is 0 Å². The Morgan fingerprint density at radius 2 is 2.00 bits per heavy atom. The van der Waals surface area contributed by atoms with Crippen LogP contribution in [0.5, 0.6) is 0 Å². The van der Waals surface area contributed by atoms with Gasteiger partial charge in [-0.2, -0.15) is 0 Å². The zero-order valence-electron chi connectivity index (χ0n) is 12.7. The molecule has 1 aliphatic carbocycles. The highest BCUT2D eigenvalue weighted by atomic mass is 35.5. The summed E-state index contributed by atoms with van der Waals surface area (Å²) in [6.45, 7) is 0.732. The van der Waals surface area contributed by atoms with Gasteiger partial charge in [-0.1, -0.05) is 11.6 Å². The molecule has 0 bridgehead atoms. The zero-order valence-corrected chi connectivity index (χ0v) is 13.5. The van der Waals surface area contributed by atoms with Crippen molar-refractivity contribution in [3.63, 3.8) is 0 Å². The summed E-state index contributed by atoms with van der Waals surface area (Å²) >= 11 is 6.22. The monoisotopic (exact) mass is 309 g/mol. The molecule has 3 N–H and O–H groups in total. The highest BCUT2D eigenvalue weighted by Gasteiger charge is 2.25. The first-order valence-corrected chi connectivity index (χ1v) is 7.87. The first-order valence-electron chi connectivity index (χ1n) is 7.49. The Labute approximate surface area is 131 Å². The molecule has 4 nitrogen and oxygen atoms in total. The van der Waals surface area contributed by atoms with Crippen LogP contribution in [0.15, 0.2) is 18.2 Å². The van der Waals surface area contributed by atoms with Crippen LogP contribution in [-0.2, 0) is 4.79 Å². The highest BCUT2D eigenvalue weighted by Crippen LogP contribution is 2.31. The molecule has 0 aliphatic heterocycles. The second-order valence-electron chi connectivity index (χ2n) is 6.00. The number of hydrogen-bond donors (Lipinski definition) is 2. The number of carbonyl (C=O) groups excluding carboxylic acids is 1. The number of nitrogens with two attached hydrogens (primary N) is 1. The highest BCUT2D eigenvalue weighted by molar-refractivity contribution is 6.33. The molecule has 0 saturated heterocycles. The average Bonchev–Trinajstić information content (AvgIpc) is 2.47. The first kappa shape index (κ1) is 16.1. The van der Waals surface area contributed by atoms with E-state index < -0.39 is 0 Å². The van der Waals surface area contributed by atoms with Gasteiger partial charge in [0.25, 0.3) is 0 Å². The van der Waals surface area contributed by atoms with Gasteiger partial charge in [-0.15, -0.1) is 0 Å². The second kappa shape index (κ2) is 7.14. The molecule has 1 fully saturated rings. The predicted octanol–water partition coefficient (Wildman–Crippen LogP) is 3.11. The topological polar surface area (TPSA) is 58.4 Å². The van der Waals surface area contributed by atoms with Crippen molar-refractivity contribution in [1.82, 2.24) is 0 Å². The third kappa shape index (κ3) is 4.11. The van der Waals surface area contributed by atoms with E-state index in [1.807, 2.05) is 31.1 Å². The van der Waals surface area contributed by atoms with Gasteiger partial charge in [0.1, 0.15) is 0 Å². The Morgan fingerprint density at radius 3 is 2.52 bits per heavy atom. The molecule has 116 valence electrons. The quantitative estimate of drug-likeness (QED) is 0.898. The number of hydrogen-bond acceptors (Lipinski definition) is 3. The van der Waals surface area contributed by atoms with Crippen molar-refractivity contribution in [3.05, 3.63) is 23.2 Å². The number of nitrogens with zero attached hydrogens (tertiary/aromatic N) is 1. The number of carbonyl (C=O) groups is 1. The zero-order chi connectivity index (χ0) is 15.4. The van der Waals surface area contributed by atoms with E-state index in [-0.39, 0.29) is 11.8 Å². The number of amides is 1. The van der Waals surface area contributed by atoms with Crippen LogP contribution in [0.1, 0.15) is 25.7 Å². The van der Waals surface area contributed by atoms with Gasteiger partial charge < -0.3 is 16.0 Å². The molecule has 1 aromatic rings. The van der Waals surface area contributed by atoms with Gasteiger partial charge in [-0.3, -0.25) is 4.79 Å². The Balaban J connectivity index is 1.95. The van der Waals surface area contributed by atoms with Crippen molar-refractivity contribution < 1.29 is 4.79 Å². The molecule has 1 amide bonds. The summed E-state index contributed by atoms with van der Waals surface area (Å²) in [7, 11) is 3.88. The third-order valence-corrected chi connectivity index (χ3v) is 4.55. The molecule has 21 heavy (non-hydrogen) atoms. The summed E-state index contributed by atoms with van der Waals surface area (Å²) in [6, 6.07) is 5.62. The van der Waals surface area contributed by atoms with Crippen LogP contribution in [0.3, 0.4) is 0 Å². The van der Waals surface area contributed by atoms with Gasteiger partial charge in [0.15, 0.2) is 0 Å². The first-order chi connectivity index (χ1) is 10.0. The van der Waals surface area contributed by atoms with E-state index in [2.05, 4.69) is 5.32 Å². The molecule has 0 heterocycles. The van der Waals surface area contributed by atoms with Crippen LogP contribution in [-0.4, -0.2) is 26.5 Å². The van der Waals surface area contributed by atoms with Gasteiger partial charge in [0.05, 0.1) is 10.7 Å². The van der Waals surface area contributed by atoms with Crippen LogP contribution in [0.2, 0.25) is 5.02 Å². The lowest BCUT2D eigenvalue weighted by atomic mass is 9.81. The fourth-order valence-corrected chi connectivity index (χ4v) is 3.20. The average molecular weight is 310 g/mol. The standard InChI is InChI=1S/C16H24ClN3O/c1-20(2)15-8-7-13(9-14(15)17)19-16(21)12-5-3-11(10-18)4-6-12/h7-9,11-12H,3-6,10,18H2,1-2H3,(H,19,21). The van der Waals surface area contributed by atoms with Crippen molar-refractivity contribution in [2.45, 2.75) is 25.7 Å². The molecule has 0 radical (unpaired) electrons. The minimum atomic E-state index is 0.0964. The Hall–Kier alpha value is -1.26. The van der Waals surface area contributed by atoms with Crippen LogP contribution < -0.4 is 16.0 Å². The van der Waals surface area contributed by atoms with Crippen molar-refractivity contribution >= 4 is 28.9 Å². The maximum atomic E-state index is 12.3. The molecule has 1 aromatic carbocycles. The van der Waals surface area contributed by atoms with Crippen LogP contribution >= 0.6 is 11.6 Å². The van der Waals surface area contributed by atoms with E-state index in [0.29, 0.717) is 10.9 Å². The number of anilines is 2. The maximum Gasteiger partial charge on any atom is 0.227 e. The Morgan fingerprint density at radius 1 is 1.33 bits per heavy atom. The fraction of sp³-hybridized carbons (Fsp3) is 0.562. The number of rotatable bonds is 4. The lowest BCUT2D eigenvalue weighted by Gasteiger charge is -2.26. The minimum Gasteiger partial charge on any atom is -0.376 e. The summed E-state index contributed by atoms with van der Waals surface area (Å²) in [5, 5.41) is 3.62. The largest absolute Gasteiger partial charge is 0.376 e. The molecule has 1 saturated carbocycles.